The van der Waals surface area contributed by atoms with Gasteiger partial charge in [-0.25, -0.2) is 13.0 Å². The van der Waals surface area contributed by atoms with Gasteiger partial charge in [0.15, 0.2) is 0 Å². The van der Waals surface area contributed by atoms with Crippen molar-refractivity contribution in [3.63, 3.8) is 0 Å². The first-order chi connectivity index (χ1) is 25.0. The molecule has 9 rings (SSSR count). The summed E-state index contributed by atoms with van der Waals surface area (Å²) < 4.78 is 96.3. The van der Waals surface area contributed by atoms with Gasteiger partial charge in [-0.2, -0.15) is 13.2 Å². The van der Waals surface area contributed by atoms with Crippen LogP contribution in [0.4, 0.5) is 13.2 Å². The van der Waals surface area contributed by atoms with Crippen molar-refractivity contribution >= 4 is 60.9 Å². The number of fused-ring (bicyclic) bond motifs is 9. The van der Waals surface area contributed by atoms with Crippen molar-refractivity contribution < 1.29 is 35.2 Å². The molecular formula is C41H25F3NO5PS. The molecule has 1 heterocycles. The van der Waals surface area contributed by atoms with E-state index in [2.05, 4.69) is 0 Å². The maximum atomic E-state index is 15.0. The minimum atomic E-state index is -6.25. The molecule has 0 atom stereocenters. The van der Waals surface area contributed by atoms with E-state index in [0.29, 0.717) is 44.2 Å². The molecule has 0 amide bonds. The fourth-order valence-corrected chi connectivity index (χ4v) is 9.95. The number of alkyl halides is 3. The van der Waals surface area contributed by atoms with E-state index in [4.69, 9.17) is 9.05 Å². The Bertz CT molecular complexity index is 2760. The summed E-state index contributed by atoms with van der Waals surface area (Å²) in [6.07, 6.45) is 0. The molecule has 0 aromatic heterocycles. The third kappa shape index (κ3) is 5.13. The summed E-state index contributed by atoms with van der Waals surface area (Å²) in [5, 5.41) is 6.08. The van der Waals surface area contributed by atoms with Crippen molar-refractivity contribution in [2.45, 2.75) is 5.51 Å². The Balaban J connectivity index is 1.49. The number of sulfonamides is 1. The van der Waals surface area contributed by atoms with Crippen LogP contribution in [-0.2, 0) is 14.6 Å². The molecule has 0 bridgehead atoms. The summed E-state index contributed by atoms with van der Waals surface area (Å²) in [5.74, 6) is -0.190. The number of rotatable bonds is 4. The van der Waals surface area contributed by atoms with E-state index in [0.717, 1.165) is 32.3 Å². The summed E-state index contributed by atoms with van der Waals surface area (Å²) in [6, 6.07) is 44.7. The third-order valence-corrected chi connectivity index (χ3v) is 12.7. The lowest BCUT2D eigenvalue weighted by Gasteiger charge is -2.22. The maximum absolute atomic E-state index is 15.0. The topological polar surface area (TPSA) is 81.7 Å². The molecule has 0 aliphatic carbocycles. The van der Waals surface area contributed by atoms with E-state index < -0.39 is 23.3 Å². The number of hydrogen-bond acceptors (Lipinski definition) is 5. The van der Waals surface area contributed by atoms with Crippen molar-refractivity contribution in [2.75, 3.05) is 0 Å². The van der Waals surface area contributed by atoms with Gasteiger partial charge in [-0.05, 0) is 66.3 Å². The van der Waals surface area contributed by atoms with Crippen molar-refractivity contribution in [3.05, 3.63) is 146 Å². The van der Waals surface area contributed by atoms with Crippen molar-refractivity contribution in [1.29, 1.82) is 0 Å². The van der Waals surface area contributed by atoms with Gasteiger partial charge in [-0.1, -0.05) is 138 Å². The normalized spacial score (nSPS) is 14.1. The van der Waals surface area contributed by atoms with E-state index in [9.17, 15) is 26.2 Å². The second-order valence-corrected chi connectivity index (χ2v) is 16.0. The zero-order chi connectivity index (χ0) is 35.8. The van der Waals surface area contributed by atoms with E-state index >= 15 is 0 Å². The number of nitrogens with one attached hydrogen (secondary N) is 1. The van der Waals surface area contributed by atoms with Gasteiger partial charge < -0.3 is 9.05 Å². The van der Waals surface area contributed by atoms with E-state index in [1.165, 1.54) is 4.49 Å². The fourth-order valence-electron chi connectivity index (χ4n) is 7.16. The first kappa shape index (κ1) is 32.3. The van der Waals surface area contributed by atoms with Gasteiger partial charge >= 0.3 is 23.3 Å². The van der Waals surface area contributed by atoms with Gasteiger partial charge in [-0.3, -0.25) is 0 Å². The Hall–Kier alpha value is -5.67. The highest BCUT2D eigenvalue weighted by Gasteiger charge is 2.53. The molecule has 0 spiro atoms. The van der Waals surface area contributed by atoms with Crippen LogP contribution in [0.1, 0.15) is 0 Å². The first-order valence-corrected chi connectivity index (χ1v) is 19.2. The largest absolute Gasteiger partial charge is 0.526 e. The van der Waals surface area contributed by atoms with Crippen LogP contribution in [0.25, 0.3) is 76.5 Å². The van der Waals surface area contributed by atoms with Crippen molar-refractivity contribution in [2.24, 2.45) is 0 Å². The standard InChI is InChI=1S/C41H25F3NO5PS/c42-41(43,44)52(47,48)45-51(46)49-39-35(33-21-9-15-25-11-1-5-17-29(25)33)23-27-13-3-7-19-31(27)37(39)38-32-20-8-4-14-28(32)24-36(40(38)50-51)34-22-10-16-26-12-2-6-18-30(26)34/h1-24H,(H,45,46). The summed E-state index contributed by atoms with van der Waals surface area (Å²) in [5.41, 5.74) is -3.03. The van der Waals surface area contributed by atoms with Gasteiger partial charge in [0, 0.05) is 22.3 Å². The van der Waals surface area contributed by atoms with Crippen molar-refractivity contribution in [3.8, 4) is 44.9 Å². The highest BCUT2D eigenvalue weighted by Crippen LogP contribution is 2.62. The van der Waals surface area contributed by atoms with Crippen LogP contribution < -0.4 is 13.5 Å². The molecule has 0 unspecified atom stereocenters. The lowest BCUT2D eigenvalue weighted by Crippen LogP contribution is -2.36. The van der Waals surface area contributed by atoms with Gasteiger partial charge in [-0.15, -0.1) is 0 Å². The monoisotopic (exact) mass is 731 g/mol. The van der Waals surface area contributed by atoms with Crippen LogP contribution in [-0.4, -0.2) is 13.9 Å². The molecule has 6 nitrogen and oxygen atoms in total. The second-order valence-electron chi connectivity index (χ2n) is 12.5. The van der Waals surface area contributed by atoms with Crippen LogP contribution >= 0.6 is 7.75 Å². The van der Waals surface area contributed by atoms with Crippen LogP contribution in [0.5, 0.6) is 11.5 Å². The number of halogens is 3. The molecule has 8 aromatic carbocycles. The molecule has 0 saturated carbocycles. The Morgan fingerprint density at radius 2 is 0.846 bits per heavy atom. The minimum Gasteiger partial charge on any atom is -0.403 e. The van der Waals surface area contributed by atoms with Gasteiger partial charge in [0.1, 0.15) is 11.5 Å². The van der Waals surface area contributed by atoms with Crippen LogP contribution in [0, 0.1) is 0 Å². The number of benzene rings is 8. The smallest absolute Gasteiger partial charge is 0.403 e. The Morgan fingerprint density at radius 3 is 1.27 bits per heavy atom. The predicted octanol–water partition coefficient (Wildman–Crippen LogP) is 11.6. The molecule has 0 radical (unpaired) electrons. The van der Waals surface area contributed by atoms with Crippen molar-refractivity contribution in [1.82, 2.24) is 4.49 Å². The van der Waals surface area contributed by atoms with Gasteiger partial charge in [0.25, 0.3) is 0 Å². The summed E-state index contributed by atoms with van der Waals surface area (Å²) >= 11 is 0. The fraction of sp³-hybridized carbons (Fsp3) is 0.0244. The van der Waals surface area contributed by atoms with E-state index in [1.807, 2.05) is 133 Å². The molecular weight excluding hydrogens is 706 g/mol. The molecule has 256 valence electrons. The third-order valence-electron chi connectivity index (χ3n) is 9.37. The second kappa shape index (κ2) is 11.7. The first-order valence-electron chi connectivity index (χ1n) is 16.2. The Morgan fingerprint density at radius 1 is 0.481 bits per heavy atom. The highest BCUT2D eigenvalue weighted by molar-refractivity contribution is 7.95. The predicted molar refractivity (Wildman–Crippen MR) is 200 cm³/mol. The molecule has 1 N–H and O–H groups in total. The maximum Gasteiger partial charge on any atom is 0.526 e. The average molecular weight is 732 g/mol. The molecule has 52 heavy (non-hydrogen) atoms. The van der Waals surface area contributed by atoms with Gasteiger partial charge in [0.05, 0.1) is 0 Å². The van der Waals surface area contributed by atoms with Crippen LogP contribution in [0.2, 0.25) is 0 Å². The Kier molecular flexibility index (Phi) is 7.24. The summed E-state index contributed by atoms with van der Waals surface area (Å²) in [7, 11) is -11.7. The SMILES string of the molecule is O=P1(NS(=O)(=O)C(F)(F)F)Oc2c(-c3cccc4ccccc34)cc3ccccc3c2-c2c(c(-c3cccc4ccccc34)cc3ccccc23)O1. The van der Waals surface area contributed by atoms with E-state index in [-0.39, 0.29) is 11.5 Å². The molecule has 1 aliphatic heterocycles. The lowest BCUT2D eigenvalue weighted by atomic mass is 9.85. The zero-order valence-electron chi connectivity index (χ0n) is 26.9. The molecule has 11 heteroatoms. The highest BCUT2D eigenvalue weighted by atomic mass is 32.2. The number of hydrogen-bond donors (Lipinski definition) is 1. The molecule has 8 aromatic rings. The zero-order valence-corrected chi connectivity index (χ0v) is 28.6. The van der Waals surface area contributed by atoms with E-state index in [1.54, 1.807) is 12.1 Å². The van der Waals surface area contributed by atoms with Gasteiger partial charge in [0.2, 0.25) is 0 Å². The summed E-state index contributed by atoms with van der Waals surface area (Å²) in [4.78, 5) is 0. The van der Waals surface area contributed by atoms with Crippen LogP contribution in [0.15, 0.2) is 146 Å². The molecule has 0 saturated heterocycles. The lowest BCUT2D eigenvalue weighted by molar-refractivity contribution is -0.0443. The minimum absolute atomic E-state index is 0.0952. The summed E-state index contributed by atoms with van der Waals surface area (Å²) in [6.45, 7) is 0. The quantitative estimate of drug-likeness (QED) is 0.182. The Labute approximate surface area is 295 Å². The molecule has 0 fully saturated rings. The average Bonchev–Trinajstić information content (AvgIpc) is 3.27. The van der Waals surface area contributed by atoms with Crippen LogP contribution in [0.3, 0.4) is 0 Å². The molecule has 1 aliphatic rings.